The first-order valence-electron chi connectivity index (χ1n) is 10.7. The Morgan fingerprint density at radius 1 is 1.25 bits per heavy atom. The molecule has 0 fully saturated rings. The van der Waals surface area contributed by atoms with Gasteiger partial charge in [-0.2, -0.15) is 5.10 Å². The molecule has 1 atom stereocenters. The summed E-state index contributed by atoms with van der Waals surface area (Å²) in [5.41, 5.74) is 2.26. The lowest BCUT2D eigenvalue weighted by Gasteiger charge is -2.18. The van der Waals surface area contributed by atoms with Crippen molar-refractivity contribution in [1.29, 1.82) is 0 Å². The molecule has 0 spiro atoms. The molecule has 32 heavy (non-hydrogen) atoms. The predicted octanol–water partition coefficient (Wildman–Crippen LogP) is 4.40. The highest BCUT2D eigenvalue weighted by atomic mass is 16.5. The number of methoxy groups -OCH3 is 1. The predicted molar refractivity (Wildman–Crippen MR) is 123 cm³/mol. The molecular formula is C25H29N3O4. The number of hydrogen-bond acceptors (Lipinski definition) is 5. The molecule has 3 aromatic rings. The van der Waals surface area contributed by atoms with Crippen LogP contribution in [-0.2, 0) is 19.9 Å². The molecule has 7 heteroatoms. The molecule has 1 aliphatic rings. The van der Waals surface area contributed by atoms with E-state index in [0.29, 0.717) is 22.9 Å². The minimum Gasteiger partial charge on any atom is -0.497 e. The smallest absolute Gasteiger partial charge is 0.257 e. The third-order valence-corrected chi connectivity index (χ3v) is 5.38. The van der Waals surface area contributed by atoms with Crippen LogP contribution in [0.1, 0.15) is 42.3 Å². The van der Waals surface area contributed by atoms with E-state index >= 15 is 0 Å². The third kappa shape index (κ3) is 4.88. The Kier molecular flexibility index (Phi) is 5.82. The van der Waals surface area contributed by atoms with Crippen molar-refractivity contribution in [2.75, 3.05) is 12.4 Å². The van der Waals surface area contributed by atoms with Gasteiger partial charge in [-0.05, 0) is 50.6 Å². The number of anilines is 1. The van der Waals surface area contributed by atoms with Crippen LogP contribution in [0, 0.1) is 0 Å². The van der Waals surface area contributed by atoms with Crippen LogP contribution >= 0.6 is 0 Å². The topological polar surface area (TPSA) is 74.6 Å². The van der Waals surface area contributed by atoms with Crippen molar-refractivity contribution in [3.05, 3.63) is 65.4 Å². The summed E-state index contributed by atoms with van der Waals surface area (Å²) in [6.45, 7) is 6.09. The first kappa shape index (κ1) is 21.7. The SMILES string of the molecule is COc1ccc(CC(C)Oc2cc(C(=O)Nc3ccn(C)n3)cc3c2CC(C)(C)O3)cc1. The molecule has 1 aromatic heterocycles. The molecule has 1 aliphatic heterocycles. The number of nitrogens with one attached hydrogen (secondary N) is 1. The van der Waals surface area contributed by atoms with Gasteiger partial charge >= 0.3 is 0 Å². The van der Waals surface area contributed by atoms with E-state index in [1.54, 1.807) is 43.2 Å². The van der Waals surface area contributed by atoms with E-state index < -0.39 is 0 Å². The van der Waals surface area contributed by atoms with Crippen LogP contribution in [0.2, 0.25) is 0 Å². The Hall–Kier alpha value is -3.48. The zero-order chi connectivity index (χ0) is 22.9. The summed E-state index contributed by atoms with van der Waals surface area (Å²) in [7, 11) is 3.46. The Labute approximate surface area is 188 Å². The Morgan fingerprint density at radius 2 is 2.00 bits per heavy atom. The van der Waals surface area contributed by atoms with E-state index in [0.717, 1.165) is 29.7 Å². The third-order valence-electron chi connectivity index (χ3n) is 5.38. The molecule has 1 unspecified atom stereocenters. The fourth-order valence-corrected chi connectivity index (χ4v) is 3.90. The van der Waals surface area contributed by atoms with Gasteiger partial charge in [0, 0.05) is 43.3 Å². The maximum Gasteiger partial charge on any atom is 0.257 e. The number of nitrogens with zero attached hydrogens (tertiary/aromatic N) is 2. The summed E-state index contributed by atoms with van der Waals surface area (Å²) in [6.07, 6.45) is 3.13. The van der Waals surface area contributed by atoms with Gasteiger partial charge in [0.1, 0.15) is 22.8 Å². The number of carbonyl (C=O) groups is 1. The Bertz CT molecular complexity index is 1120. The fourth-order valence-electron chi connectivity index (χ4n) is 3.90. The van der Waals surface area contributed by atoms with Gasteiger partial charge in [-0.15, -0.1) is 0 Å². The zero-order valence-corrected chi connectivity index (χ0v) is 19.1. The highest BCUT2D eigenvalue weighted by molar-refractivity contribution is 6.04. The van der Waals surface area contributed by atoms with E-state index in [1.807, 2.05) is 45.0 Å². The van der Waals surface area contributed by atoms with Crippen LogP contribution < -0.4 is 19.5 Å². The maximum atomic E-state index is 12.9. The van der Waals surface area contributed by atoms with Gasteiger partial charge in [0.15, 0.2) is 5.82 Å². The van der Waals surface area contributed by atoms with Gasteiger partial charge in [-0.3, -0.25) is 9.48 Å². The van der Waals surface area contributed by atoms with Crippen molar-refractivity contribution in [2.45, 2.75) is 45.3 Å². The number of amides is 1. The number of carbonyl (C=O) groups excluding carboxylic acids is 1. The normalized spacial score (nSPS) is 14.9. The Balaban J connectivity index is 1.56. The van der Waals surface area contributed by atoms with Gasteiger partial charge < -0.3 is 19.5 Å². The largest absolute Gasteiger partial charge is 0.497 e. The lowest BCUT2D eigenvalue weighted by Crippen LogP contribution is -2.24. The molecule has 0 bridgehead atoms. The van der Waals surface area contributed by atoms with Crippen molar-refractivity contribution in [3.8, 4) is 17.2 Å². The van der Waals surface area contributed by atoms with Gasteiger partial charge in [-0.1, -0.05) is 12.1 Å². The number of fused-ring (bicyclic) bond motifs is 1. The number of aryl methyl sites for hydroxylation is 1. The standard InChI is InChI=1S/C25H29N3O4/c1-16(12-17-6-8-19(30-5)9-7-17)31-21-13-18(14-22-20(21)15-25(2,3)32-22)24(29)26-23-10-11-28(4)27-23/h6-11,13-14,16H,12,15H2,1-5H3,(H,26,27,29). The lowest BCUT2D eigenvalue weighted by atomic mass is 9.99. The molecule has 0 saturated carbocycles. The van der Waals surface area contributed by atoms with Crippen LogP contribution in [0.5, 0.6) is 17.2 Å². The monoisotopic (exact) mass is 435 g/mol. The molecular weight excluding hydrogens is 406 g/mol. The summed E-state index contributed by atoms with van der Waals surface area (Å²) < 4.78 is 19.3. The summed E-state index contributed by atoms with van der Waals surface area (Å²) in [5.74, 6) is 2.43. The molecule has 168 valence electrons. The van der Waals surface area contributed by atoms with Crippen LogP contribution in [0.25, 0.3) is 0 Å². The number of aromatic nitrogens is 2. The summed E-state index contributed by atoms with van der Waals surface area (Å²) in [6, 6.07) is 13.3. The number of benzene rings is 2. The van der Waals surface area contributed by atoms with Crippen LogP contribution in [-0.4, -0.2) is 34.5 Å². The van der Waals surface area contributed by atoms with E-state index in [-0.39, 0.29) is 17.6 Å². The molecule has 1 N–H and O–H groups in total. The van der Waals surface area contributed by atoms with Crippen molar-refractivity contribution in [3.63, 3.8) is 0 Å². The van der Waals surface area contributed by atoms with E-state index in [2.05, 4.69) is 10.4 Å². The van der Waals surface area contributed by atoms with E-state index in [4.69, 9.17) is 14.2 Å². The van der Waals surface area contributed by atoms with Crippen LogP contribution in [0.4, 0.5) is 5.82 Å². The molecule has 1 amide bonds. The van der Waals surface area contributed by atoms with Crippen molar-refractivity contribution in [1.82, 2.24) is 9.78 Å². The summed E-state index contributed by atoms with van der Waals surface area (Å²) in [4.78, 5) is 12.9. The minimum atomic E-state index is -0.351. The van der Waals surface area contributed by atoms with Crippen LogP contribution in [0.3, 0.4) is 0 Å². The average Bonchev–Trinajstić information content (AvgIpc) is 3.29. The molecule has 7 nitrogen and oxygen atoms in total. The second-order valence-electron chi connectivity index (χ2n) is 8.80. The molecule has 0 radical (unpaired) electrons. The number of ether oxygens (including phenoxy) is 3. The maximum absolute atomic E-state index is 12.9. The highest BCUT2D eigenvalue weighted by Gasteiger charge is 2.34. The molecule has 2 aromatic carbocycles. The lowest BCUT2D eigenvalue weighted by molar-refractivity contribution is 0.102. The highest BCUT2D eigenvalue weighted by Crippen LogP contribution is 2.42. The van der Waals surface area contributed by atoms with Gasteiger partial charge in [-0.25, -0.2) is 0 Å². The van der Waals surface area contributed by atoms with Crippen LogP contribution in [0.15, 0.2) is 48.7 Å². The average molecular weight is 436 g/mol. The second-order valence-corrected chi connectivity index (χ2v) is 8.80. The van der Waals surface area contributed by atoms with Gasteiger partial charge in [0.2, 0.25) is 0 Å². The Morgan fingerprint density at radius 3 is 2.66 bits per heavy atom. The van der Waals surface area contributed by atoms with Gasteiger partial charge in [0.25, 0.3) is 5.91 Å². The first-order chi connectivity index (χ1) is 15.2. The fraction of sp³-hybridized carbons (Fsp3) is 0.360. The van der Waals surface area contributed by atoms with Crippen molar-refractivity contribution >= 4 is 11.7 Å². The van der Waals surface area contributed by atoms with Crippen molar-refractivity contribution in [2.24, 2.45) is 7.05 Å². The summed E-state index contributed by atoms with van der Waals surface area (Å²) >= 11 is 0. The van der Waals surface area contributed by atoms with Crippen molar-refractivity contribution < 1.29 is 19.0 Å². The zero-order valence-electron chi connectivity index (χ0n) is 19.1. The number of rotatable bonds is 7. The molecule has 4 rings (SSSR count). The second kappa shape index (κ2) is 8.57. The van der Waals surface area contributed by atoms with E-state index in [9.17, 15) is 4.79 Å². The molecule has 2 heterocycles. The minimum absolute atomic E-state index is 0.0923. The quantitative estimate of drug-likeness (QED) is 0.595. The molecule has 0 aliphatic carbocycles. The first-order valence-corrected chi connectivity index (χ1v) is 10.7. The molecule has 0 saturated heterocycles. The van der Waals surface area contributed by atoms with E-state index in [1.165, 1.54) is 0 Å². The summed E-state index contributed by atoms with van der Waals surface area (Å²) in [5, 5.41) is 7.04. The number of hydrogen-bond donors (Lipinski definition) is 1. The van der Waals surface area contributed by atoms with Gasteiger partial charge in [0.05, 0.1) is 13.2 Å².